The van der Waals surface area contributed by atoms with E-state index >= 15 is 0 Å². The van der Waals surface area contributed by atoms with Gasteiger partial charge in [-0.25, -0.2) is 4.98 Å². The summed E-state index contributed by atoms with van der Waals surface area (Å²) < 4.78 is 5.01. The van der Waals surface area contributed by atoms with Gasteiger partial charge in [0.1, 0.15) is 0 Å². The number of amides is 3. The van der Waals surface area contributed by atoms with Crippen LogP contribution in [0.3, 0.4) is 0 Å². The lowest BCUT2D eigenvalue weighted by Gasteiger charge is -2.12. The maximum atomic E-state index is 12.9. The molecule has 0 saturated carbocycles. The Balaban J connectivity index is 1.37. The fourth-order valence-corrected chi connectivity index (χ4v) is 3.44. The third-order valence-electron chi connectivity index (χ3n) is 5.23. The highest BCUT2D eigenvalue weighted by atomic mass is 16.3. The first kappa shape index (κ1) is 22.7. The van der Waals surface area contributed by atoms with Crippen LogP contribution in [0.2, 0.25) is 0 Å². The Labute approximate surface area is 196 Å². The maximum Gasteiger partial charge on any atom is 0.286 e. The Morgan fingerprint density at radius 3 is 2.47 bits per heavy atom. The Bertz CT molecular complexity index is 1310. The smallest absolute Gasteiger partial charge is 0.286 e. The molecule has 4 aromatic rings. The van der Waals surface area contributed by atoms with E-state index < -0.39 is 5.91 Å². The molecule has 4 rings (SSSR count). The van der Waals surface area contributed by atoms with E-state index in [0.29, 0.717) is 35.1 Å². The second kappa shape index (κ2) is 10.4. The number of benzene rings is 2. The van der Waals surface area contributed by atoms with Crippen molar-refractivity contribution in [1.29, 1.82) is 0 Å². The Kier molecular flexibility index (Phi) is 6.98. The average Bonchev–Trinajstić information content (AvgIpc) is 3.40. The number of carbonyl (C=O) groups excluding carboxylic acids is 3. The van der Waals surface area contributed by atoms with E-state index in [-0.39, 0.29) is 24.0 Å². The van der Waals surface area contributed by atoms with Crippen LogP contribution in [-0.4, -0.2) is 29.3 Å². The van der Waals surface area contributed by atoms with Crippen molar-refractivity contribution in [2.45, 2.75) is 19.8 Å². The lowest BCUT2D eigenvalue weighted by molar-refractivity contribution is -0.121. The van der Waals surface area contributed by atoms with E-state index in [4.69, 9.17) is 4.42 Å². The van der Waals surface area contributed by atoms with Crippen LogP contribution in [0.4, 0.5) is 0 Å². The molecule has 0 unspecified atom stereocenters. The van der Waals surface area contributed by atoms with Crippen molar-refractivity contribution in [2.24, 2.45) is 0 Å². The van der Waals surface area contributed by atoms with Crippen LogP contribution in [0, 0.1) is 6.92 Å². The van der Waals surface area contributed by atoms with E-state index in [1.807, 2.05) is 55.5 Å². The molecule has 3 N–H and O–H groups in total. The second-order valence-corrected chi connectivity index (χ2v) is 7.78. The van der Waals surface area contributed by atoms with Gasteiger partial charge in [0.15, 0.2) is 5.76 Å². The zero-order valence-corrected chi connectivity index (χ0v) is 18.6. The van der Waals surface area contributed by atoms with Gasteiger partial charge in [-0.15, -0.1) is 0 Å². The van der Waals surface area contributed by atoms with Crippen LogP contribution in [0.5, 0.6) is 0 Å². The van der Waals surface area contributed by atoms with Gasteiger partial charge in [0.25, 0.3) is 11.8 Å². The summed E-state index contributed by atoms with van der Waals surface area (Å²) >= 11 is 0. The van der Waals surface area contributed by atoms with Crippen LogP contribution in [-0.2, 0) is 4.79 Å². The average molecular weight is 457 g/mol. The quantitative estimate of drug-likeness (QED) is 0.289. The minimum Gasteiger partial charge on any atom is -0.459 e. The zero-order chi connectivity index (χ0) is 23.9. The fraction of sp³-hybridized carbons (Fsp3) is 0.154. The number of fused-ring (bicyclic) bond motifs is 1. The molecule has 34 heavy (non-hydrogen) atoms. The molecule has 0 bridgehead atoms. The number of furan rings is 1. The molecule has 0 atom stereocenters. The topological polar surface area (TPSA) is 113 Å². The molecule has 172 valence electrons. The third kappa shape index (κ3) is 5.47. The van der Waals surface area contributed by atoms with E-state index in [1.54, 1.807) is 18.2 Å². The Morgan fingerprint density at radius 1 is 0.912 bits per heavy atom. The number of pyridine rings is 1. The van der Waals surface area contributed by atoms with Gasteiger partial charge in [-0.3, -0.25) is 25.2 Å². The monoisotopic (exact) mass is 456 g/mol. The van der Waals surface area contributed by atoms with Gasteiger partial charge in [-0.05, 0) is 37.6 Å². The molecule has 8 nitrogen and oxygen atoms in total. The SMILES string of the molecule is Cc1ccc(-c2cc(C(=O)NNC(=O)CCCNC(=O)c3ccco3)c3ccccc3n2)cc1. The number of para-hydroxylation sites is 1. The predicted octanol–water partition coefficient (Wildman–Crippen LogP) is 3.77. The first-order chi connectivity index (χ1) is 16.5. The summed E-state index contributed by atoms with van der Waals surface area (Å²) in [5.41, 5.74) is 8.71. The first-order valence-electron chi connectivity index (χ1n) is 10.9. The molecular weight excluding hydrogens is 432 g/mol. The lowest BCUT2D eigenvalue weighted by Crippen LogP contribution is -2.42. The highest BCUT2D eigenvalue weighted by Crippen LogP contribution is 2.25. The normalized spacial score (nSPS) is 10.6. The van der Waals surface area contributed by atoms with Gasteiger partial charge in [0.2, 0.25) is 5.91 Å². The van der Waals surface area contributed by atoms with Gasteiger partial charge in [0.05, 0.1) is 23.0 Å². The minimum absolute atomic E-state index is 0.129. The summed E-state index contributed by atoms with van der Waals surface area (Å²) in [5, 5.41) is 3.36. The van der Waals surface area contributed by atoms with Crippen LogP contribution < -0.4 is 16.2 Å². The number of aromatic nitrogens is 1. The predicted molar refractivity (Wildman–Crippen MR) is 128 cm³/mol. The molecule has 0 aliphatic heterocycles. The van der Waals surface area contributed by atoms with Crippen molar-refractivity contribution >= 4 is 28.6 Å². The molecule has 2 heterocycles. The fourth-order valence-electron chi connectivity index (χ4n) is 3.44. The number of hydrogen-bond acceptors (Lipinski definition) is 5. The number of aryl methyl sites for hydroxylation is 1. The van der Waals surface area contributed by atoms with Gasteiger partial charge in [-0.1, -0.05) is 48.0 Å². The molecule has 0 aliphatic rings. The number of nitrogens with one attached hydrogen (secondary N) is 3. The summed E-state index contributed by atoms with van der Waals surface area (Å²) in [6.45, 7) is 2.31. The van der Waals surface area contributed by atoms with E-state index in [2.05, 4.69) is 21.2 Å². The lowest BCUT2D eigenvalue weighted by atomic mass is 10.0. The molecule has 0 radical (unpaired) electrons. The number of hydrazine groups is 1. The molecule has 0 aliphatic carbocycles. The third-order valence-corrected chi connectivity index (χ3v) is 5.23. The number of hydrogen-bond donors (Lipinski definition) is 3. The van der Waals surface area contributed by atoms with Gasteiger partial charge in [-0.2, -0.15) is 0 Å². The summed E-state index contributed by atoms with van der Waals surface area (Å²) in [6.07, 6.45) is 1.95. The van der Waals surface area contributed by atoms with Crippen LogP contribution in [0.1, 0.15) is 39.3 Å². The standard InChI is InChI=1S/C26H24N4O4/c1-17-10-12-18(13-11-17)22-16-20(19-6-2-3-7-21(19)28-22)25(32)30-29-24(31)9-4-14-27-26(33)23-8-5-15-34-23/h2-3,5-8,10-13,15-16H,4,9,14H2,1H3,(H,27,33)(H,29,31)(H,30,32). The largest absolute Gasteiger partial charge is 0.459 e. The van der Waals surface area contributed by atoms with E-state index in [9.17, 15) is 14.4 Å². The van der Waals surface area contributed by atoms with Crippen LogP contribution in [0.15, 0.2) is 77.4 Å². The van der Waals surface area contributed by atoms with Crippen molar-refractivity contribution in [2.75, 3.05) is 6.54 Å². The van der Waals surface area contributed by atoms with Gasteiger partial charge >= 0.3 is 0 Å². The zero-order valence-electron chi connectivity index (χ0n) is 18.6. The van der Waals surface area contributed by atoms with Crippen molar-refractivity contribution in [3.63, 3.8) is 0 Å². The molecule has 0 spiro atoms. The molecule has 2 aromatic carbocycles. The van der Waals surface area contributed by atoms with Crippen molar-refractivity contribution in [1.82, 2.24) is 21.2 Å². The molecule has 0 fully saturated rings. The molecular formula is C26H24N4O4. The van der Waals surface area contributed by atoms with Crippen molar-refractivity contribution < 1.29 is 18.8 Å². The highest BCUT2D eigenvalue weighted by molar-refractivity contribution is 6.07. The van der Waals surface area contributed by atoms with E-state index in [0.717, 1.165) is 11.1 Å². The van der Waals surface area contributed by atoms with Crippen molar-refractivity contribution in [3.8, 4) is 11.3 Å². The van der Waals surface area contributed by atoms with Gasteiger partial charge in [0, 0.05) is 23.9 Å². The summed E-state index contributed by atoms with van der Waals surface area (Å²) in [7, 11) is 0. The van der Waals surface area contributed by atoms with Crippen molar-refractivity contribution in [3.05, 3.63) is 89.9 Å². The number of carbonyl (C=O) groups is 3. The molecule has 8 heteroatoms. The molecule has 0 saturated heterocycles. The maximum absolute atomic E-state index is 12.9. The molecule has 3 amide bonds. The minimum atomic E-state index is -0.438. The molecule has 2 aromatic heterocycles. The second-order valence-electron chi connectivity index (χ2n) is 7.78. The Morgan fingerprint density at radius 2 is 1.71 bits per heavy atom. The highest BCUT2D eigenvalue weighted by Gasteiger charge is 2.15. The van der Waals surface area contributed by atoms with Crippen LogP contribution >= 0.6 is 0 Å². The van der Waals surface area contributed by atoms with E-state index in [1.165, 1.54) is 6.26 Å². The summed E-state index contributed by atoms with van der Waals surface area (Å²) in [5.74, 6) is -0.928. The summed E-state index contributed by atoms with van der Waals surface area (Å²) in [6, 6.07) is 20.2. The number of nitrogens with zero attached hydrogens (tertiary/aromatic N) is 1. The Hall–Kier alpha value is -4.46. The summed E-state index contributed by atoms with van der Waals surface area (Å²) in [4.78, 5) is 41.6. The number of rotatable bonds is 7. The first-order valence-corrected chi connectivity index (χ1v) is 10.9. The van der Waals surface area contributed by atoms with Crippen LogP contribution in [0.25, 0.3) is 22.2 Å². The van der Waals surface area contributed by atoms with Gasteiger partial charge < -0.3 is 9.73 Å².